The molecule has 0 saturated carbocycles. The second-order valence-electron chi connectivity index (χ2n) is 5.63. The van der Waals surface area contributed by atoms with Gasteiger partial charge in [0.05, 0.1) is 22.2 Å². The van der Waals surface area contributed by atoms with E-state index < -0.39 is 5.41 Å². The van der Waals surface area contributed by atoms with E-state index in [0.29, 0.717) is 27.1 Å². The van der Waals surface area contributed by atoms with Crippen molar-refractivity contribution in [2.75, 3.05) is 6.61 Å². The van der Waals surface area contributed by atoms with Gasteiger partial charge in [-0.25, -0.2) is 4.99 Å². The predicted octanol–water partition coefficient (Wildman–Crippen LogP) is 4.79. The van der Waals surface area contributed by atoms with Crippen molar-refractivity contribution in [3.63, 3.8) is 0 Å². The first-order valence-electron chi connectivity index (χ1n) is 6.96. The zero-order valence-electron chi connectivity index (χ0n) is 13.4. The van der Waals surface area contributed by atoms with Gasteiger partial charge in [-0.1, -0.05) is 55.8 Å². The molecule has 0 aliphatic carbocycles. The highest BCUT2D eigenvalue weighted by Crippen LogP contribution is 2.27. The number of benzene rings is 1. The quantitative estimate of drug-likeness (QED) is 0.598. The van der Waals surface area contributed by atoms with Gasteiger partial charge in [-0.2, -0.15) is 0 Å². The molecule has 0 unspecified atom stereocenters. The van der Waals surface area contributed by atoms with Crippen LogP contribution in [0.3, 0.4) is 0 Å². The van der Waals surface area contributed by atoms with E-state index in [9.17, 15) is 5.11 Å². The summed E-state index contributed by atoms with van der Waals surface area (Å²) in [6.07, 6.45) is 1.88. The Hall–Kier alpha value is -1.29. The van der Waals surface area contributed by atoms with Crippen LogP contribution in [0.1, 0.15) is 33.3 Å². The van der Waals surface area contributed by atoms with E-state index in [1.807, 2.05) is 33.8 Å². The van der Waals surface area contributed by atoms with Crippen LogP contribution < -0.4 is 5.32 Å². The Morgan fingerprint density at radius 2 is 1.91 bits per heavy atom. The zero-order chi connectivity index (χ0) is 16.9. The first kappa shape index (κ1) is 18.8. The monoisotopic (exact) mass is 340 g/mol. The van der Waals surface area contributed by atoms with Gasteiger partial charge < -0.3 is 10.4 Å². The van der Waals surface area contributed by atoms with Gasteiger partial charge in [0, 0.05) is 16.8 Å². The molecule has 0 radical (unpaired) electrons. The molecule has 120 valence electrons. The maximum Gasteiger partial charge on any atom is 0.140 e. The van der Waals surface area contributed by atoms with Crippen LogP contribution in [0.2, 0.25) is 10.0 Å². The van der Waals surface area contributed by atoms with Crippen LogP contribution in [-0.4, -0.2) is 17.5 Å². The van der Waals surface area contributed by atoms with Crippen LogP contribution in [0.5, 0.6) is 0 Å². The lowest BCUT2D eigenvalue weighted by atomic mass is 9.91. The normalized spacial score (nSPS) is 13.2. The fourth-order valence-corrected chi connectivity index (χ4v) is 2.10. The number of rotatable bonds is 5. The maximum absolute atomic E-state index is 9.48. The van der Waals surface area contributed by atoms with Gasteiger partial charge in [0.1, 0.15) is 5.84 Å². The molecular weight excluding hydrogens is 319 g/mol. The molecule has 22 heavy (non-hydrogen) atoms. The Labute approximate surface area is 142 Å². The summed E-state index contributed by atoms with van der Waals surface area (Å²) in [5, 5.41) is 13.6. The molecule has 0 fully saturated rings. The number of halogens is 2. The molecule has 0 aliphatic rings. The molecule has 1 rings (SSSR count). The molecule has 0 amide bonds. The number of allylic oxidation sites excluding steroid dienone is 2. The first-order valence-corrected chi connectivity index (χ1v) is 7.71. The third kappa shape index (κ3) is 4.60. The zero-order valence-corrected chi connectivity index (χ0v) is 14.9. The van der Waals surface area contributed by atoms with Crippen LogP contribution in [0.25, 0.3) is 0 Å². The number of hydrogen-bond donors (Lipinski definition) is 2. The van der Waals surface area contributed by atoms with Gasteiger partial charge in [0.2, 0.25) is 0 Å². The molecule has 0 aromatic heterocycles. The largest absolute Gasteiger partial charge is 0.395 e. The third-order valence-corrected chi connectivity index (χ3v) is 4.02. The van der Waals surface area contributed by atoms with Crippen LogP contribution in [-0.2, 0) is 0 Å². The van der Waals surface area contributed by atoms with E-state index in [4.69, 9.17) is 23.2 Å². The van der Waals surface area contributed by atoms with Crippen molar-refractivity contribution in [2.45, 2.75) is 27.7 Å². The van der Waals surface area contributed by atoms with Gasteiger partial charge >= 0.3 is 0 Å². The van der Waals surface area contributed by atoms with Crippen LogP contribution in [0.15, 0.2) is 47.2 Å². The van der Waals surface area contributed by atoms with E-state index >= 15 is 0 Å². The van der Waals surface area contributed by atoms with Crippen molar-refractivity contribution in [1.29, 1.82) is 0 Å². The standard InChI is InChI=1S/C17H22Cl2N2O/c1-6-11(2)20-16(21-12(3)17(4,5)10-22)15-13(18)8-7-9-14(15)19/h6-9,22H,3,10H2,1-2,4-5H3,(H,20,21)/b11-6+. The highest BCUT2D eigenvalue weighted by Gasteiger charge is 2.23. The average Bonchev–Trinajstić information content (AvgIpc) is 2.46. The molecule has 0 heterocycles. The molecule has 0 aliphatic heterocycles. The summed E-state index contributed by atoms with van der Waals surface area (Å²) in [6, 6.07) is 5.29. The van der Waals surface area contributed by atoms with Crippen molar-refractivity contribution in [2.24, 2.45) is 10.4 Å². The van der Waals surface area contributed by atoms with E-state index in [1.54, 1.807) is 18.2 Å². The van der Waals surface area contributed by atoms with Crippen molar-refractivity contribution >= 4 is 29.0 Å². The average molecular weight is 341 g/mol. The number of aliphatic hydroxyl groups excluding tert-OH is 1. The SMILES string of the molecule is C=C(NC(=N/C(C)=C/C)c1c(Cl)cccc1Cl)C(C)(C)CO. The smallest absolute Gasteiger partial charge is 0.140 e. The molecule has 1 aromatic rings. The second kappa shape index (κ2) is 7.82. The topological polar surface area (TPSA) is 44.6 Å². The Morgan fingerprint density at radius 1 is 1.36 bits per heavy atom. The molecule has 5 heteroatoms. The van der Waals surface area contributed by atoms with Crippen LogP contribution in [0, 0.1) is 5.41 Å². The molecule has 1 aromatic carbocycles. The van der Waals surface area contributed by atoms with Gasteiger partial charge in [-0.3, -0.25) is 0 Å². The minimum atomic E-state index is -0.502. The lowest BCUT2D eigenvalue weighted by molar-refractivity contribution is 0.186. The maximum atomic E-state index is 9.48. The molecule has 0 saturated heterocycles. The van der Waals surface area contributed by atoms with E-state index in [-0.39, 0.29) is 6.61 Å². The van der Waals surface area contributed by atoms with E-state index in [0.717, 1.165) is 5.70 Å². The molecule has 3 nitrogen and oxygen atoms in total. The fourth-order valence-electron chi connectivity index (χ4n) is 1.52. The van der Waals surface area contributed by atoms with Gasteiger partial charge in [-0.15, -0.1) is 0 Å². The number of aliphatic imine (C=N–C) groups is 1. The Bertz CT molecular complexity index is 599. The Morgan fingerprint density at radius 3 is 2.36 bits per heavy atom. The first-order chi connectivity index (χ1) is 10.2. The summed E-state index contributed by atoms with van der Waals surface area (Å²) in [7, 11) is 0. The second-order valence-corrected chi connectivity index (χ2v) is 6.45. The number of nitrogens with one attached hydrogen (secondary N) is 1. The number of nitrogens with zero attached hydrogens (tertiary/aromatic N) is 1. The minimum absolute atomic E-state index is 0.0367. The summed E-state index contributed by atoms with van der Waals surface area (Å²) in [5.74, 6) is 0.512. The van der Waals surface area contributed by atoms with E-state index in [2.05, 4.69) is 16.9 Å². The third-order valence-electron chi connectivity index (χ3n) is 3.39. The van der Waals surface area contributed by atoms with Crippen LogP contribution in [0.4, 0.5) is 0 Å². The molecule has 0 spiro atoms. The summed E-state index contributed by atoms with van der Waals surface area (Å²) in [4.78, 5) is 4.53. The van der Waals surface area contributed by atoms with Crippen molar-refractivity contribution in [3.8, 4) is 0 Å². The summed E-state index contributed by atoms with van der Waals surface area (Å²) >= 11 is 12.6. The summed E-state index contributed by atoms with van der Waals surface area (Å²) < 4.78 is 0. The van der Waals surface area contributed by atoms with Gasteiger partial charge in [0.15, 0.2) is 0 Å². The van der Waals surface area contributed by atoms with Crippen molar-refractivity contribution < 1.29 is 5.11 Å². The van der Waals surface area contributed by atoms with E-state index in [1.165, 1.54) is 0 Å². The minimum Gasteiger partial charge on any atom is -0.395 e. The summed E-state index contributed by atoms with van der Waals surface area (Å²) in [6.45, 7) is 11.5. The fraction of sp³-hybridized carbons (Fsp3) is 0.353. The molecular formula is C17H22Cl2N2O. The number of aliphatic hydroxyl groups is 1. The highest BCUT2D eigenvalue weighted by atomic mass is 35.5. The molecule has 2 N–H and O–H groups in total. The lowest BCUT2D eigenvalue weighted by Gasteiger charge is -2.27. The van der Waals surface area contributed by atoms with Crippen molar-refractivity contribution in [1.82, 2.24) is 5.32 Å². The lowest BCUT2D eigenvalue weighted by Crippen LogP contribution is -2.34. The Balaban J connectivity index is 3.33. The predicted molar refractivity (Wildman–Crippen MR) is 95.6 cm³/mol. The van der Waals surface area contributed by atoms with Crippen molar-refractivity contribution in [3.05, 3.63) is 57.9 Å². The number of hydrogen-bond acceptors (Lipinski definition) is 2. The highest BCUT2D eigenvalue weighted by molar-refractivity contribution is 6.40. The van der Waals surface area contributed by atoms with Gasteiger partial charge in [-0.05, 0) is 26.0 Å². The summed E-state index contributed by atoms with van der Waals surface area (Å²) in [5.41, 5.74) is 1.56. The molecule has 0 bridgehead atoms. The Kier molecular flexibility index (Phi) is 6.66. The molecule has 0 atom stereocenters. The van der Waals surface area contributed by atoms with Crippen LogP contribution >= 0.6 is 23.2 Å². The number of amidine groups is 1. The van der Waals surface area contributed by atoms with Gasteiger partial charge in [0.25, 0.3) is 0 Å².